The second kappa shape index (κ2) is 24.7. The lowest BCUT2D eigenvalue weighted by Crippen LogP contribution is -2.72. The second-order valence-corrected chi connectivity index (χ2v) is 11.9. The van der Waals surface area contributed by atoms with Gasteiger partial charge in [-0.2, -0.15) is 0 Å². The smallest absolute Gasteiger partial charge is 0.362 e. The molecule has 0 aromatic carbocycles. The normalized spacial score (nSPS) is 15.1. The third-order valence-corrected chi connectivity index (χ3v) is 8.96. The summed E-state index contributed by atoms with van der Waals surface area (Å²) < 4.78 is -0.403. The van der Waals surface area contributed by atoms with Crippen molar-refractivity contribution >= 4 is 17.9 Å². The SMILES string of the molecule is C=CCCCCCCCCCCCCCCCCCCCC[N+](C(CC)C(=O)O)(C(CC)C(=O)O)C(CC)C(=O)O. The van der Waals surface area contributed by atoms with Crippen LogP contribution >= 0.6 is 0 Å². The first-order valence-corrected chi connectivity index (χ1v) is 16.9. The molecule has 41 heavy (non-hydrogen) atoms. The average molecular weight is 583 g/mol. The van der Waals surface area contributed by atoms with Crippen LogP contribution in [-0.4, -0.2) is 62.4 Å². The molecule has 3 atom stereocenters. The molecule has 0 aliphatic heterocycles. The molecule has 0 aromatic heterocycles. The number of quaternary nitrogens is 1. The van der Waals surface area contributed by atoms with Crippen molar-refractivity contribution in [2.75, 3.05) is 6.54 Å². The number of hydrogen-bond donors (Lipinski definition) is 3. The predicted molar refractivity (Wildman–Crippen MR) is 168 cm³/mol. The lowest BCUT2D eigenvalue weighted by molar-refractivity contribution is -0.973. The monoisotopic (exact) mass is 582 g/mol. The summed E-state index contributed by atoms with van der Waals surface area (Å²) in [6.07, 6.45) is 25.9. The van der Waals surface area contributed by atoms with Gasteiger partial charge in [0.05, 0.1) is 6.54 Å². The van der Waals surface area contributed by atoms with Crippen molar-refractivity contribution in [3.63, 3.8) is 0 Å². The molecule has 240 valence electrons. The minimum atomic E-state index is -1.11. The van der Waals surface area contributed by atoms with E-state index in [4.69, 9.17) is 0 Å². The maximum atomic E-state index is 12.3. The molecule has 0 bridgehead atoms. The fraction of sp³-hybridized carbons (Fsp3) is 0.853. The first-order valence-electron chi connectivity index (χ1n) is 16.9. The van der Waals surface area contributed by atoms with Gasteiger partial charge in [0.15, 0.2) is 18.1 Å². The van der Waals surface area contributed by atoms with Gasteiger partial charge in [-0.1, -0.05) is 123 Å². The highest BCUT2D eigenvalue weighted by molar-refractivity contribution is 5.78. The van der Waals surface area contributed by atoms with Gasteiger partial charge in [0.2, 0.25) is 0 Å². The highest BCUT2D eigenvalue weighted by Gasteiger charge is 2.55. The van der Waals surface area contributed by atoms with Gasteiger partial charge in [0.1, 0.15) is 0 Å². The van der Waals surface area contributed by atoms with Gasteiger partial charge >= 0.3 is 17.9 Å². The van der Waals surface area contributed by atoms with Crippen LogP contribution in [0.1, 0.15) is 162 Å². The Morgan fingerprint density at radius 1 is 0.512 bits per heavy atom. The molecule has 7 heteroatoms. The van der Waals surface area contributed by atoms with E-state index in [0.717, 1.165) is 25.7 Å². The minimum absolute atomic E-state index is 0.194. The first kappa shape index (κ1) is 39.1. The summed E-state index contributed by atoms with van der Waals surface area (Å²) in [5.74, 6) is -3.34. The molecular weight excluding hydrogens is 518 g/mol. The third-order valence-electron chi connectivity index (χ3n) is 8.96. The van der Waals surface area contributed by atoms with E-state index in [1.807, 2.05) is 6.08 Å². The number of carboxylic acid groups (broad SMARTS) is 3. The molecule has 0 fully saturated rings. The van der Waals surface area contributed by atoms with E-state index in [1.165, 1.54) is 89.9 Å². The molecule has 0 radical (unpaired) electrons. The zero-order valence-electron chi connectivity index (χ0n) is 26.8. The molecule has 0 amide bonds. The lowest BCUT2D eigenvalue weighted by atomic mass is 9.93. The summed E-state index contributed by atoms with van der Waals surface area (Å²) in [6, 6.07) is -3.18. The number of hydrogen-bond acceptors (Lipinski definition) is 3. The van der Waals surface area contributed by atoms with Crippen LogP contribution in [0.4, 0.5) is 0 Å². The van der Waals surface area contributed by atoms with E-state index in [0.29, 0.717) is 6.42 Å². The predicted octanol–water partition coefficient (Wildman–Crippen LogP) is 8.99. The maximum Gasteiger partial charge on any atom is 0.362 e. The van der Waals surface area contributed by atoms with Gasteiger partial charge in [-0.05, 0) is 25.7 Å². The Balaban J connectivity index is 4.38. The molecular formula is C34H64NO6+. The molecule has 0 aromatic rings. The average Bonchev–Trinajstić information content (AvgIpc) is 2.92. The molecule has 3 unspecified atom stereocenters. The Morgan fingerprint density at radius 3 is 0.976 bits per heavy atom. The molecule has 0 spiro atoms. The van der Waals surface area contributed by atoms with Crippen molar-refractivity contribution in [2.45, 2.75) is 180 Å². The summed E-state index contributed by atoms with van der Waals surface area (Å²) in [6.45, 7) is 9.17. The van der Waals surface area contributed by atoms with Crippen molar-refractivity contribution in [1.82, 2.24) is 0 Å². The van der Waals surface area contributed by atoms with Crippen LogP contribution in [0.25, 0.3) is 0 Å². The Hall–Kier alpha value is -1.89. The highest BCUT2D eigenvalue weighted by atomic mass is 16.4. The van der Waals surface area contributed by atoms with Crippen LogP contribution in [0, 0.1) is 0 Å². The Kier molecular flexibility index (Phi) is 23.5. The standard InChI is InChI=1S/C34H63NO6/c1-5-9-10-11-12-13-14-15-16-17-18-19-20-21-22-23-24-25-26-27-28-35(29(6-2)32(36)37,30(7-3)33(38)39)31(8-4)34(40)41/h5,29-31H,1,6-28H2,2-4H3,(H2-,36,37,38,39,40,41)/p+1. The Bertz CT molecular complexity index is 654. The van der Waals surface area contributed by atoms with Gasteiger partial charge in [-0.3, -0.25) is 4.48 Å². The van der Waals surface area contributed by atoms with E-state index in [9.17, 15) is 29.7 Å². The summed E-state index contributed by atoms with van der Waals surface area (Å²) in [5, 5.41) is 30.1. The molecule has 0 rings (SSSR count). The number of carboxylic acids is 3. The summed E-state index contributed by atoms with van der Waals surface area (Å²) in [7, 11) is 0. The van der Waals surface area contributed by atoms with Crippen molar-refractivity contribution in [3.05, 3.63) is 12.7 Å². The number of nitrogens with zero attached hydrogens (tertiary/aromatic N) is 1. The third kappa shape index (κ3) is 15.2. The molecule has 0 aliphatic rings. The molecule has 0 heterocycles. The van der Waals surface area contributed by atoms with Gasteiger partial charge in [-0.25, -0.2) is 14.4 Å². The van der Waals surface area contributed by atoms with Crippen LogP contribution in [0.5, 0.6) is 0 Å². The van der Waals surface area contributed by atoms with Crippen LogP contribution in [0.3, 0.4) is 0 Å². The molecule has 7 nitrogen and oxygen atoms in total. The van der Waals surface area contributed by atoms with Crippen molar-refractivity contribution < 1.29 is 34.2 Å². The van der Waals surface area contributed by atoms with E-state index in [-0.39, 0.29) is 25.8 Å². The zero-order valence-corrected chi connectivity index (χ0v) is 26.8. The molecule has 0 aliphatic carbocycles. The summed E-state index contributed by atoms with van der Waals surface area (Å²) in [5.41, 5.74) is 0. The van der Waals surface area contributed by atoms with Gasteiger partial charge in [0, 0.05) is 19.3 Å². The van der Waals surface area contributed by atoms with E-state index in [1.54, 1.807) is 20.8 Å². The Labute approximate surface area is 251 Å². The van der Waals surface area contributed by atoms with E-state index >= 15 is 0 Å². The van der Waals surface area contributed by atoms with Crippen LogP contribution < -0.4 is 0 Å². The minimum Gasteiger partial charge on any atom is -0.477 e. The van der Waals surface area contributed by atoms with Gasteiger partial charge in [-0.15, -0.1) is 6.58 Å². The number of unbranched alkanes of at least 4 members (excludes halogenated alkanes) is 18. The zero-order chi connectivity index (χ0) is 30.9. The number of rotatable bonds is 30. The number of carbonyl (C=O) groups is 3. The van der Waals surface area contributed by atoms with Crippen LogP contribution in [0.2, 0.25) is 0 Å². The quantitative estimate of drug-likeness (QED) is 0.0443. The second-order valence-electron chi connectivity index (χ2n) is 11.9. The first-order chi connectivity index (χ1) is 19.7. The fourth-order valence-corrected chi connectivity index (χ4v) is 6.78. The van der Waals surface area contributed by atoms with E-state index in [2.05, 4.69) is 6.58 Å². The van der Waals surface area contributed by atoms with Gasteiger partial charge in [0.25, 0.3) is 0 Å². The number of allylic oxidation sites excluding steroid dienone is 1. The lowest BCUT2D eigenvalue weighted by Gasteiger charge is -2.49. The van der Waals surface area contributed by atoms with Crippen molar-refractivity contribution in [2.24, 2.45) is 0 Å². The highest BCUT2D eigenvalue weighted by Crippen LogP contribution is 2.32. The van der Waals surface area contributed by atoms with Gasteiger partial charge < -0.3 is 15.3 Å². The molecule has 0 saturated carbocycles. The van der Waals surface area contributed by atoms with Crippen LogP contribution in [0.15, 0.2) is 12.7 Å². The summed E-state index contributed by atoms with van der Waals surface area (Å²) in [4.78, 5) is 36.8. The largest absolute Gasteiger partial charge is 0.477 e. The topological polar surface area (TPSA) is 112 Å². The molecule has 3 N–H and O–H groups in total. The van der Waals surface area contributed by atoms with E-state index < -0.39 is 40.5 Å². The number of aliphatic carboxylic acids is 3. The maximum absolute atomic E-state index is 12.3. The molecule has 0 saturated heterocycles. The fourth-order valence-electron chi connectivity index (χ4n) is 6.78. The van der Waals surface area contributed by atoms with Crippen molar-refractivity contribution in [3.8, 4) is 0 Å². The van der Waals surface area contributed by atoms with Crippen molar-refractivity contribution in [1.29, 1.82) is 0 Å². The Morgan fingerprint density at radius 2 is 0.756 bits per heavy atom. The van der Waals surface area contributed by atoms with Crippen LogP contribution in [-0.2, 0) is 14.4 Å². The summed E-state index contributed by atoms with van der Waals surface area (Å²) >= 11 is 0.